The van der Waals surface area contributed by atoms with Gasteiger partial charge in [0.2, 0.25) is 0 Å². The van der Waals surface area contributed by atoms with E-state index in [0.717, 1.165) is 19.4 Å². The van der Waals surface area contributed by atoms with Gasteiger partial charge < -0.3 is 5.32 Å². The van der Waals surface area contributed by atoms with Gasteiger partial charge >= 0.3 is 0 Å². The highest BCUT2D eigenvalue weighted by atomic mass is 14.9. The zero-order chi connectivity index (χ0) is 9.26. The molecule has 2 heteroatoms. The van der Waals surface area contributed by atoms with Gasteiger partial charge in [-0.2, -0.15) is 0 Å². The van der Waals surface area contributed by atoms with E-state index in [-0.39, 0.29) is 0 Å². The molecule has 0 spiro atoms. The molecule has 0 bridgehead atoms. The van der Waals surface area contributed by atoms with Crippen molar-refractivity contribution in [2.75, 3.05) is 11.9 Å². The van der Waals surface area contributed by atoms with Crippen LogP contribution in [0, 0.1) is 5.92 Å². The van der Waals surface area contributed by atoms with Gasteiger partial charge in [-0.1, -0.05) is 13.8 Å². The smallest absolute Gasteiger partial charge is 0.0652 e. The quantitative estimate of drug-likeness (QED) is 0.747. The number of rotatable bonds is 2. The van der Waals surface area contributed by atoms with Crippen LogP contribution in [0.2, 0.25) is 0 Å². The second-order valence-electron chi connectivity index (χ2n) is 4.11. The van der Waals surface area contributed by atoms with E-state index in [0.29, 0.717) is 5.92 Å². The van der Waals surface area contributed by atoms with E-state index in [1.54, 1.807) is 0 Å². The van der Waals surface area contributed by atoms with E-state index in [1.165, 1.54) is 16.9 Å². The van der Waals surface area contributed by atoms with Crippen molar-refractivity contribution in [3.05, 3.63) is 23.5 Å². The lowest BCUT2D eigenvalue weighted by Crippen LogP contribution is -1.96. The molecule has 1 aliphatic rings. The second-order valence-corrected chi connectivity index (χ2v) is 4.11. The number of hydrogen-bond donors (Lipinski definition) is 1. The summed E-state index contributed by atoms with van der Waals surface area (Å²) in [6.07, 6.45) is 4.23. The molecule has 2 nitrogen and oxygen atoms in total. The second kappa shape index (κ2) is 3.36. The molecular formula is C11H16N2. The van der Waals surface area contributed by atoms with E-state index in [2.05, 4.69) is 30.2 Å². The molecule has 0 aliphatic carbocycles. The summed E-state index contributed by atoms with van der Waals surface area (Å²) in [4.78, 5) is 4.45. The first kappa shape index (κ1) is 8.54. The van der Waals surface area contributed by atoms with Crippen LogP contribution in [0.5, 0.6) is 0 Å². The van der Waals surface area contributed by atoms with Gasteiger partial charge in [-0.15, -0.1) is 0 Å². The van der Waals surface area contributed by atoms with Gasteiger partial charge in [0.25, 0.3) is 0 Å². The van der Waals surface area contributed by atoms with Crippen LogP contribution in [0.1, 0.15) is 25.1 Å². The SMILES string of the molecule is CC(C)Cc1cnc2c(c1)NCC2. The van der Waals surface area contributed by atoms with Gasteiger partial charge in [-0.3, -0.25) is 4.98 Å². The van der Waals surface area contributed by atoms with Crippen molar-refractivity contribution in [3.8, 4) is 0 Å². The largest absolute Gasteiger partial charge is 0.383 e. The predicted molar refractivity (Wildman–Crippen MR) is 55.0 cm³/mol. The van der Waals surface area contributed by atoms with Crippen LogP contribution in [-0.2, 0) is 12.8 Å². The van der Waals surface area contributed by atoms with Crippen LogP contribution in [-0.4, -0.2) is 11.5 Å². The number of fused-ring (bicyclic) bond motifs is 1. The topological polar surface area (TPSA) is 24.9 Å². The highest BCUT2D eigenvalue weighted by molar-refractivity contribution is 5.53. The molecule has 0 radical (unpaired) electrons. The number of aromatic nitrogens is 1. The summed E-state index contributed by atoms with van der Waals surface area (Å²) in [5.41, 5.74) is 3.83. The van der Waals surface area contributed by atoms with Crippen molar-refractivity contribution >= 4 is 5.69 Å². The zero-order valence-corrected chi connectivity index (χ0v) is 8.30. The van der Waals surface area contributed by atoms with Crippen LogP contribution in [0.25, 0.3) is 0 Å². The maximum Gasteiger partial charge on any atom is 0.0652 e. The first-order chi connectivity index (χ1) is 6.25. The molecule has 0 aromatic carbocycles. The third-order valence-electron chi connectivity index (χ3n) is 2.35. The Labute approximate surface area is 79.4 Å². The van der Waals surface area contributed by atoms with Crippen LogP contribution in [0.4, 0.5) is 5.69 Å². The molecule has 0 amide bonds. The summed E-state index contributed by atoms with van der Waals surface area (Å²) in [5, 5.41) is 3.35. The van der Waals surface area contributed by atoms with Gasteiger partial charge in [-0.05, 0) is 24.0 Å². The van der Waals surface area contributed by atoms with E-state index < -0.39 is 0 Å². The van der Waals surface area contributed by atoms with Crippen LogP contribution >= 0.6 is 0 Å². The molecular weight excluding hydrogens is 160 g/mol. The minimum atomic E-state index is 0.709. The number of nitrogens with one attached hydrogen (secondary N) is 1. The highest BCUT2D eigenvalue weighted by Gasteiger charge is 2.11. The van der Waals surface area contributed by atoms with Gasteiger partial charge in [0.15, 0.2) is 0 Å². The molecule has 0 atom stereocenters. The molecule has 0 fully saturated rings. The molecule has 0 saturated heterocycles. The molecule has 2 rings (SSSR count). The van der Waals surface area contributed by atoms with E-state index in [4.69, 9.17) is 0 Å². The minimum Gasteiger partial charge on any atom is -0.383 e. The molecule has 0 unspecified atom stereocenters. The maximum absolute atomic E-state index is 4.45. The fourth-order valence-corrected chi connectivity index (χ4v) is 1.79. The Morgan fingerprint density at radius 2 is 2.38 bits per heavy atom. The van der Waals surface area contributed by atoms with Crippen molar-refractivity contribution < 1.29 is 0 Å². The number of pyridine rings is 1. The molecule has 1 aliphatic heterocycles. The fraction of sp³-hybridized carbons (Fsp3) is 0.545. The normalized spacial score (nSPS) is 14.4. The average molecular weight is 176 g/mol. The molecule has 2 heterocycles. The Balaban J connectivity index is 2.21. The van der Waals surface area contributed by atoms with Crippen LogP contribution in [0.15, 0.2) is 12.3 Å². The molecule has 70 valence electrons. The summed E-state index contributed by atoms with van der Waals surface area (Å²) < 4.78 is 0. The third-order valence-corrected chi connectivity index (χ3v) is 2.35. The summed E-state index contributed by atoms with van der Waals surface area (Å²) in [6.45, 7) is 5.52. The van der Waals surface area contributed by atoms with Crippen molar-refractivity contribution in [1.82, 2.24) is 4.98 Å². The average Bonchev–Trinajstić information content (AvgIpc) is 2.49. The minimum absolute atomic E-state index is 0.709. The molecule has 1 N–H and O–H groups in total. The van der Waals surface area contributed by atoms with Crippen molar-refractivity contribution in [2.45, 2.75) is 26.7 Å². The summed E-state index contributed by atoms with van der Waals surface area (Å²) >= 11 is 0. The first-order valence-corrected chi connectivity index (χ1v) is 4.97. The van der Waals surface area contributed by atoms with Crippen LogP contribution < -0.4 is 5.32 Å². The molecule has 1 aromatic heterocycles. The maximum atomic E-state index is 4.45. The first-order valence-electron chi connectivity index (χ1n) is 4.97. The standard InChI is InChI=1S/C11H16N2/c1-8(2)5-9-6-11-10(13-7-9)3-4-12-11/h6-8,12H,3-5H2,1-2H3. The van der Waals surface area contributed by atoms with Crippen LogP contribution in [0.3, 0.4) is 0 Å². The van der Waals surface area contributed by atoms with E-state index in [1.807, 2.05) is 6.20 Å². The van der Waals surface area contributed by atoms with Crippen molar-refractivity contribution in [1.29, 1.82) is 0 Å². The molecule has 13 heavy (non-hydrogen) atoms. The fourth-order valence-electron chi connectivity index (χ4n) is 1.79. The van der Waals surface area contributed by atoms with E-state index >= 15 is 0 Å². The Morgan fingerprint density at radius 3 is 3.15 bits per heavy atom. The summed E-state index contributed by atoms with van der Waals surface area (Å²) in [5.74, 6) is 0.709. The Bertz CT molecular complexity index is 305. The van der Waals surface area contributed by atoms with Crippen molar-refractivity contribution in [3.63, 3.8) is 0 Å². The van der Waals surface area contributed by atoms with Crippen molar-refractivity contribution in [2.24, 2.45) is 5.92 Å². The number of anilines is 1. The lowest BCUT2D eigenvalue weighted by atomic mass is 10.0. The summed E-state index contributed by atoms with van der Waals surface area (Å²) in [7, 11) is 0. The van der Waals surface area contributed by atoms with Gasteiger partial charge in [0, 0.05) is 19.2 Å². The highest BCUT2D eigenvalue weighted by Crippen LogP contribution is 2.21. The Morgan fingerprint density at radius 1 is 1.54 bits per heavy atom. The third kappa shape index (κ3) is 1.82. The number of hydrogen-bond acceptors (Lipinski definition) is 2. The number of nitrogens with zero attached hydrogens (tertiary/aromatic N) is 1. The zero-order valence-electron chi connectivity index (χ0n) is 8.30. The van der Waals surface area contributed by atoms with Gasteiger partial charge in [-0.25, -0.2) is 0 Å². The predicted octanol–water partition coefficient (Wildman–Crippen LogP) is 2.25. The van der Waals surface area contributed by atoms with Gasteiger partial charge in [0.1, 0.15) is 0 Å². The Kier molecular flexibility index (Phi) is 2.21. The lowest BCUT2D eigenvalue weighted by Gasteiger charge is -2.06. The lowest BCUT2D eigenvalue weighted by molar-refractivity contribution is 0.645. The van der Waals surface area contributed by atoms with Gasteiger partial charge in [0.05, 0.1) is 11.4 Å². The molecule has 1 aromatic rings. The Hall–Kier alpha value is -1.05. The monoisotopic (exact) mass is 176 g/mol. The summed E-state index contributed by atoms with van der Waals surface area (Å²) in [6, 6.07) is 2.25. The van der Waals surface area contributed by atoms with E-state index in [9.17, 15) is 0 Å². The molecule has 0 saturated carbocycles.